The van der Waals surface area contributed by atoms with Crippen molar-refractivity contribution in [2.24, 2.45) is 0 Å². The fourth-order valence-electron chi connectivity index (χ4n) is 3.52. The van der Waals surface area contributed by atoms with Gasteiger partial charge in [0, 0.05) is 29.8 Å². The number of rotatable bonds is 8. The molecule has 6 nitrogen and oxygen atoms in total. The molecule has 0 atom stereocenters. The highest BCUT2D eigenvalue weighted by atomic mass is 35.5. The van der Waals surface area contributed by atoms with E-state index in [-0.39, 0.29) is 11.9 Å². The molecule has 30 heavy (non-hydrogen) atoms. The maximum Gasteiger partial charge on any atom is 0.280 e. The highest BCUT2D eigenvalue weighted by molar-refractivity contribution is 7.22. The second-order valence-electron chi connectivity index (χ2n) is 7.71. The number of halogens is 1. The molecule has 0 saturated heterocycles. The van der Waals surface area contributed by atoms with E-state index in [9.17, 15) is 4.79 Å². The number of aromatic nitrogens is 3. The van der Waals surface area contributed by atoms with Gasteiger partial charge in [-0.05, 0) is 64.5 Å². The van der Waals surface area contributed by atoms with E-state index in [2.05, 4.69) is 37.7 Å². The molecule has 0 fully saturated rings. The Morgan fingerprint density at radius 1 is 1.20 bits per heavy atom. The number of thiazole rings is 1. The molecule has 2 heterocycles. The Morgan fingerprint density at radius 3 is 2.50 bits per heavy atom. The summed E-state index contributed by atoms with van der Waals surface area (Å²) in [6, 6.07) is 5.92. The van der Waals surface area contributed by atoms with Gasteiger partial charge in [-0.3, -0.25) is 14.4 Å². The zero-order valence-corrected chi connectivity index (χ0v) is 20.1. The molecule has 0 spiro atoms. The Labute approximate surface area is 187 Å². The summed E-state index contributed by atoms with van der Waals surface area (Å²) < 4.78 is 2.91. The number of carbonyl (C=O) groups is 1. The largest absolute Gasteiger partial charge is 0.302 e. The van der Waals surface area contributed by atoms with Gasteiger partial charge in [0.15, 0.2) is 10.8 Å². The second kappa shape index (κ2) is 9.45. The molecule has 0 bridgehead atoms. The van der Waals surface area contributed by atoms with Gasteiger partial charge in [0.05, 0.1) is 10.2 Å². The summed E-state index contributed by atoms with van der Waals surface area (Å²) in [7, 11) is 0. The zero-order valence-electron chi connectivity index (χ0n) is 18.6. The molecule has 0 unspecified atom stereocenters. The first kappa shape index (κ1) is 22.7. The summed E-state index contributed by atoms with van der Waals surface area (Å²) in [4.78, 5) is 22.4. The van der Waals surface area contributed by atoms with Crippen molar-refractivity contribution >= 4 is 44.2 Å². The van der Waals surface area contributed by atoms with Gasteiger partial charge in [-0.25, -0.2) is 4.98 Å². The number of likely N-dealkylation sites (N-methyl/N-ethyl adjacent to an activating group) is 1. The molecule has 0 aliphatic carbocycles. The first-order valence-corrected chi connectivity index (χ1v) is 11.6. The van der Waals surface area contributed by atoms with Crippen LogP contribution in [0.3, 0.4) is 0 Å². The molecule has 0 aliphatic heterocycles. The van der Waals surface area contributed by atoms with Crippen LogP contribution >= 0.6 is 22.9 Å². The number of benzene rings is 1. The van der Waals surface area contributed by atoms with Crippen molar-refractivity contribution in [2.75, 3.05) is 31.1 Å². The molecule has 0 radical (unpaired) electrons. The maximum atomic E-state index is 13.5. The number of amides is 1. The number of hydrogen-bond acceptors (Lipinski definition) is 5. The Balaban J connectivity index is 2.01. The predicted octanol–water partition coefficient (Wildman–Crippen LogP) is 5.33. The van der Waals surface area contributed by atoms with Crippen LogP contribution in [0.25, 0.3) is 10.2 Å². The smallest absolute Gasteiger partial charge is 0.280 e. The molecule has 8 heteroatoms. The fourth-order valence-corrected chi connectivity index (χ4v) is 4.72. The summed E-state index contributed by atoms with van der Waals surface area (Å²) in [5, 5.41) is 5.95. The van der Waals surface area contributed by atoms with Crippen LogP contribution in [0.1, 0.15) is 55.5 Å². The van der Waals surface area contributed by atoms with E-state index in [0.29, 0.717) is 22.4 Å². The summed E-state index contributed by atoms with van der Waals surface area (Å²) in [5.41, 5.74) is 3.22. The minimum absolute atomic E-state index is 0.118. The van der Waals surface area contributed by atoms with Gasteiger partial charge in [0.2, 0.25) is 0 Å². The molecular weight excluding hydrogens is 418 g/mol. The first-order valence-electron chi connectivity index (χ1n) is 10.4. The summed E-state index contributed by atoms with van der Waals surface area (Å²) in [5.74, 6) is -0.118. The predicted molar refractivity (Wildman–Crippen MR) is 126 cm³/mol. The van der Waals surface area contributed by atoms with E-state index in [1.807, 2.05) is 36.7 Å². The fraction of sp³-hybridized carbons (Fsp3) is 0.500. The number of aryl methyl sites for hydroxylation is 2. The van der Waals surface area contributed by atoms with Crippen LogP contribution in [0, 0.1) is 13.8 Å². The van der Waals surface area contributed by atoms with Crippen LogP contribution in [0.5, 0.6) is 0 Å². The van der Waals surface area contributed by atoms with Crippen molar-refractivity contribution in [1.82, 2.24) is 19.7 Å². The van der Waals surface area contributed by atoms with E-state index in [1.165, 1.54) is 11.3 Å². The van der Waals surface area contributed by atoms with Gasteiger partial charge in [0.25, 0.3) is 5.91 Å². The average Bonchev–Trinajstić information content (AvgIpc) is 3.32. The Bertz CT molecular complexity index is 1040. The quantitative estimate of drug-likeness (QED) is 0.468. The van der Waals surface area contributed by atoms with Crippen molar-refractivity contribution in [3.8, 4) is 0 Å². The van der Waals surface area contributed by atoms with Crippen LogP contribution in [0.4, 0.5) is 5.13 Å². The van der Waals surface area contributed by atoms with Gasteiger partial charge in [-0.15, -0.1) is 0 Å². The summed E-state index contributed by atoms with van der Waals surface area (Å²) in [6.07, 6.45) is 0. The number of fused-ring (bicyclic) bond motifs is 1. The molecule has 1 aromatic carbocycles. The van der Waals surface area contributed by atoms with E-state index in [0.717, 1.165) is 41.1 Å². The third-order valence-electron chi connectivity index (χ3n) is 5.38. The monoisotopic (exact) mass is 447 g/mol. The minimum atomic E-state index is -0.118. The normalized spacial score (nSPS) is 11.8. The van der Waals surface area contributed by atoms with Crippen LogP contribution in [-0.2, 0) is 0 Å². The van der Waals surface area contributed by atoms with Crippen LogP contribution < -0.4 is 4.90 Å². The standard InChI is InChI=1S/C22H30ClN5OS/c1-7-26(8-2)11-12-27(21(29)18-13-15(5)28(25-18)14(3)4)22-24-20-16(6)17(23)9-10-19(20)30-22/h9-10,13-14H,7-8,11-12H2,1-6H3. The van der Waals surface area contributed by atoms with Crippen molar-refractivity contribution in [3.05, 3.63) is 40.2 Å². The lowest BCUT2D eigenvalue weighted by atomic mass is 10.2. The van der Waals surface area contributed by atoms with Crippen LogP contribution in [-0.4, -0.2) is 51.8 Å². The first-order chi connectivity index (χ1) is 14.3. The Morgan fingerprint density at radius 2 is 1.90 bits per heavy atom. The van der Waals surface area contributed by atoms with Gasteiger partial charge in [-0.2, -0.15) is 5.10 Å². The van der Waals surface area contributed by atoms with Gasteiger partial charge in [0.1, 0.15) is 0 Å². The molecule has 1 amide bonds. The Kier molecular flexibility index (Phi) is 7.16. The molecule has 0 N–H and O–H groups in total. The maximum absolute atomic E-state index is 13.5. The van der Waals surface area contributed by atoms with E-state index in [1.54, 1.807) is 4.90 Å². The van der Waals surface area contributed by atoms with Crippen molar-refractivity contribution in [2.45, 2.75) is 47.6 Å². The molecular formula is C22H30ClN5OS. The van der Waals surface area contributed by atoms with Crippen molar-refractivity contribution in [1.29, 1.82) is 0 Å². The molecule has 0 aliphatic rings. The number of carbonyl (C=O) groups excluding carboxylic acids is 1. The van der Waals surface area contributed by atoms with Gasteiger partial charge < -0.3 is 4.90 Å². The highest BCUT2D eigenvalue weighted by Crippen LogP contribution is 2.34. The molecule has 162 valence electrons. The number of anilines is 1. The molecule has 2 aromatic heterocycles. The van der Waals surface area contributed by atoms with Crippen LogP contribution in [0.2, 0.25) is 5.02 Å². The third-order valence-corrected chi connectivity index (χ3v) is 6.83. The van der Waals surface area contributed by atoms with E-state index in [4.69, 9.17) is 16.6 Å². The van der Waals surface area contributed by atoms with Crippen molar-refractivity contribution < 1.29 is 4.79 Å². The van der Waals surface area contributed by atoms with Gasteiger partial charge >= 0.3 is 0 Å². The lowest BCUT2D eigenvalue weighted by Crippen LogP contribution is -2.39. The topological polar surface area (TPSA) is 54.3 Å². The summed E-state index contributed by atoms with van der Waals surface area (Å²) in [6.45, 7) is 15.5. The van der Waals surface area contributed by atoms with E-state index < -0.39 is 0 Å². The SMILES string of the molecule is CCN(CC)CCN(C(=O)c1cc(C)n(C(C)C)n1)c1nc2c(C)c(Cl)ccc2s1. The number of nitrogens with zero attached hydrogens (tertiary/aromatic N) is 5. The van der Waals surface area contributed by atoms with Gasteiger partial charge in [-0.1, -0.05) is 36.8 Å². The highest BCUT2D eigenvalue weighted by Gasteiger charge is 2.25. The lowest BCUT2D eigenvalue weighted by Gasteiger charge is -2.24. The third kappa shape index (κ3) is 4.53. The van der Waals surface area contributed by atoms with Crippen LogP contribution in [0.15, 0.2) is 18.2 Å². The average molecular weight is 448 g/mol. The zero-order chi connectivity index (χ0) is 22.0. The summed E-state index contributed by atoms with van der Waals surface area (Å²) >= 11 is 7.81. The second-order valence-corrected chi connectivity index (χ2v) is 9.12. The van der Waals surface area contributed by atoms with E-state index >= 15 is 0 Å². The van der Waals surface area contributed by atoms with Crippen molar-refractivity contribution in [3.63, 3.8) is 0 Å². The lowest BCUT2D eigenvalue weighted by molar-refractivity contribution is 0.0978. The number of hydrogen-bond donors (Lipinski definition) is 0. The molecule has 3 rings (SSSR count). The Hall–Kier alpha value is -1.96. The minimum Gasteiger partial charge on any atom is -0.302 e. The molecule has 0 saturated carbocycles. The molecule has 3 aromatic rings.